The van der Waals surface area contributed by atoms with Crippen molar-refractivity contribution in [3.63, 3.8) is 0 Å². The summed E-state index contributed by atoms with van der Waals surface area (Å²) < 4.78 is 11.7. The van der Waals surface area contributed by atoms with Crippen molar-refractivity contribution in [1.82, 2.24) is 14.9 Å². The van der Waals surface area contributed by atoms with Crippen molar-refractivity contribution >= 4 is 23.1 Å². The summed E-state index contributed by atoms with van der Waals surface area (Å²) in [6.07, 6.45) is -0.647. The second-order valence-electron chi connectivity index (χ2n) is 7.10. The number of fused-ring (bicyclic) bond motifs is 1. The van der Waals surface area contributed by atoms with Crippen molar-refractivity contribution in [2.24, 2.45) is 7.05 Å². The fraction of sp³-hybridized carbons (Fsp3) is 0.421. The summed E-state index contributed by atoms with van der Waals surface area (Å²) in [4.78, 5) is 28.6. The molecule has 0 radical (unpaired) electrons. The van der Waals surface area contributed by atoms with E-state index < -0.39 is 30.3 Å². The quantitative estimate of drug-likeness (QED) is 0.781. The Kier molecular flexibility index (Phi) is 6.22. The number of alkyl carbamates (subject to hydrolysis) is 1. The number of nitriles is 2. The predicted octanol–water partition coefficient (Wildman–Crippen LogP) is 1.95. The van der Waals surface area contributed by atoms with Gasteiger partial charge in [-0.3, -0.25) is 0 Å². The number of aryl methyl sites for hydroxylation is 1. The summed E-state index contributed by atoms with van der Waals surface area (Å²) in [5.74, 6) is -0.473. The lowest BCUT2D eigenvalue weighted by atomic mass is 10.1. The largest absolute Gasteiger partial charge is 0.449 e. The minimum atomic E-state index is -1.04. The van der Waals surface area contributed by atoms with Crippen LogP contribution in [0.25, 0.3) is 11.0 Å². The predicted molar refractivity (Wildman–Crippen MR) is 98.9 cm³/mol. The molecule has 1 N–H and O–H groups in total. The monoisotopic (exact) mass is 383 g/mol. The highest BCUT2D eigenvalue weighted by Gasteiger charge is 2.26. The lowest BCUT2D eigenvalue weighted by molar-refractivity contribution is -0.144. The molecule has 0 fully saturated rings. The van der Waals surface area contributed by atoms with Crippen LogP contribution < -0.4 is 5.32 Å². The van der Waals surface area contributed by atoms with E-state index in [1.54, 1.807) is 56.7 Å². The highest BCUT2D eigenvalue weighted by molar-refractivity contribution is 5.82. The molecule has 0 aliphatic heterocycles. The minimum absolute atomic E-state index is 0.118. The second-order valence-corrected chi connectivity index (χ2v) is 7.10. The van der Waals surface area contributed by atoms with Crippen LogP contribution in [0.1, 0.15) is 32.2 Å². The molecule has 1 heterocycles. The first-order chi connectivity index (χ1) is 13.1. The molecule has 1 aromatic carbocycles. The van der Waals surface area contributed by atoms with E-state index in [4.69, 9.17) is 20.0 Å². The maximum Gasteiger partial charge on any atom is 0.408 e. The molecular formula is C19H21N5O4. The smallest absolute Gasteiger partial charge is 0.408 e. The summed E-state index contributed by atoms with van der Waals surface area (Å²) in [6.45, 7) is 4.70. The van der Waals surface area contributed by atoms with Crippen molar-refractivity contribution in [1.29, 1.82) is 10.5 Å². The average molecular weight is 383 g/mol. The summed E-state index contributed by atoms with van der Waals surface area (Å²) in [5, 5.41) is 20.2. The van der Waals surface area contributed by atoms with Crippen molar-refractivity contribution in [2.45, 2.75) is 38.8 Å². The fourth-order valence-corrected chi connectivity index (χ4v) is 2.55. The Balaban J connectivity index is 2.26. The van der Waals surface area contributed by atoms with Gasteiger partial charge in [-0.15, -0.1) is 0 Å². The number of hydrogen-bond acceptors (Lipinski definition) is 7. The van der Waals surface area contributed by atoms with Gasteiger partial charge in [-0.05, 0) is 38.5 Å². The van der Waals surface area contributed by atoms with Crippen LogP contribution in [-0.2, 0) is 27.7 Å². The summed E-state index contributed by atoms with van der Waals surface area (Å²) in [7, 11) is 1.72. The first-order valence-electron chi connectivity index (χ1n) is 8.53. The highest BCUT2D eigenvalue weighted by atomic mass is 16.6. The van der Waals surface area contributed by atoms with Crippen LogP contribution in [0, 0.1) is 22.7 Å². The minimum Gasteiger partial charge on any atom is -0.449 e. The number of nitrogens with one attached hydrogen (secondary N) is 1. The number of aromatic nitrogens is 2. The zero-order valence-corrected chi connectivity index (χ0v) is 16.1. The number of carbonyl (C=O) groups is 2. The van der Waals surface area contributed by atoms with Gasteiger partial charge >= 0.3 is 12.1 Å². The number of nitrogens with zero attached hydrogens (tertiary/aromatic N) is 4. The number of imidazole rings is 1. The molecular weight excluding hydrogens is 362 g/mol. The average Bonchev–Trinajstić information content (AvgIpc) is 2.93. The van der Waals surface area contributed by atoms with Crippen LogP contribution in [-0.4, -0.2) is 39.9 Å². The molecule has 1 atom stereocenters. The van der Waals surface area contributed by atoms with Crippen molar-refractivity contribution in [2.75, 3.05) is 6.61 Å². The van der Waals surface area contributed by atoms with E-state index in [1.807, 2.05) is 6.07 Å². The maximum atomic E-state index is 12.3. The molecule has 0 bridgehead atoms. The number of carbonyl (C=O) groups excluding carboxylic acids is 2. The Morgan fingerprint density at radius 2 is 2.04 bits per heavy atom. The molecule has 9 heteroatoms. The topological polar surface area (TPSA) is 130 Å². The number of rotatable bonds is 5. The van der Waals surface area contributed by atoms with Crippen LogP contribution in [0.3, 0.4) is 0 Å². The first kappa shape index (κ1) is 20.7. The fourth-order valence-electron chi connectivity index (χ4n) is 2.55. The van der Waals surface area contributed by atoms with Crippen molar-refractivity contribution < 1.29 is 19.1 Å². The Morgan fingerprint density at radius 3 is 2.64 bits per heavy atom. The van der Waals surface area contributed by atoms with E-state index in [1.165, 1.54) is 0 Å². The van der Waals surface area contributed by atoms with E-state index in [9.17, 15) is 9.59 Å². The third kappa shape index (κ3) is 5.21. The molecule has 2 aromatic rings. The summed E-state index contributed by atoms with van der Waals surface area (Å²) >= 11 is 0. The molecule has 0 saturated heterocycles. The van der Waals surface area contributed by atoms with E-state index >= 15 is 0 Å². The molecule has 9 nitrogen and oxygen atoms in total. The highest BCUT2D eigenvalue weighted by Crippen LogP contribution is 2.18. The Labute approximate surface area is 162 Å². The van der Waals surface area contributed by atoms with Crippen LogP contribution in [0.2, 0.25) is 0 Å². The number of amides is 1. The SMILES string of the molecule is Cn1c(C#N)nc2ccc(C[C@H](NC(=O)OC(C)(C)C)C(=O)OCC#N)cc21. The lowest BCUT2D eigenvalue weighted by Gasteiger charge is -2.22. The molecule has 1 amide bonds. The lowest BCUT2D eigenvalue weighted by Crippen LogP contribution is -2.45. The van der Waals surface area contributed by atoms with E-state index in [2.05, 4.69) is 10.3 Å². The Hall–Kier alpha value is -3.59. The molecule has 0 saturated carbocycles. The maximum absolute atomic E-state index is 12.3. The van der Waals surface area contributed by atoms with Gasteiger partial charge in [-0.2, -0.15) is 10.5 Å². The van der Waals surface area contributed by atoms with Gasteiger partial charge < -0.3 is 19.4 Å². The molecule has 2 rings (SSSR count). The van der Waals surface area contributed by atoms with Gasteiger partial charge in [0.05, 0.1) is 11.0 Å². The molecule has 0 unspecified atom stereocenters. The molecule has 28 heavy (non-hydrogen) atoms. The number of benzene rings is 1. The van der Waals surface area contributed by atoms with E-state index in [-0.39, 0.29) is 12.2 Å². The molecule has 0 aliphatic rings. The molecule has 1 aromatic heterocycles. The second kappa shape index (κ2) is 8.40. The third-order valence-electron chi connectivity index (χ3n) is 3.74. The zero-order valence-electron chi connectivity index (χ0n) is 16.1. The molecule has 0 aliphatic carbocycles. The number of esters is 1. The summed E-state index contributed by atoms with van der Waals surface area (Å²) in [5.41, 5.74) is 1.35. The van der Waals surface area contributed by atoms with Gasteiger partial charge in [-0.25, -0.2) is 14.6 Å². The van der Waals surface area contributed by atoms with Gasteiger partial charge in [-0.1, -0.05) is 6.07 Å². The van der Waals surface area contributed by atoms with Gasteiger partial charge in [0.25, 0.3) is 0 Å². The third-order valence-corrected chi connectivity index (χ3v) is 3.74. The van der Waals surface area contributed by atoms with Gasteiger partial charge in [0, 0.05) is 13.5 Å². The zero-order chi connectivity index (χ0) is 20.9. The molecule has 146 valence electrons. The first-order valence-corrected chi connectivity index (χ1v) is 8.53. The van der Waals surface area contributed by atoms with E-state index in [0.29, 0.717) is 5.52 Å². The standard InChI is InChI=1S/C19H21N5O4/c1-19(2,3)28-18(26)23-14(17(25)27-8-7-20)9-12-5-6-13-15(10-12)24(4)16(11-21)22-13/h5-6,10,14H,8-9H2,1-4H3,(H,23,26)/t14-/m0/s1. The number of ether oxygens (including phenoxy) is 2. The van der Waals surface area contributed by atoms with Crippen molar-refractivity contribution in [3.05, 3.63) is 29.6 Å². The Bertz CT molecular complexity index is 975. The van der Waals surface area contributed by atoms with Gasteiger partial charge in [0.2, 0.25) is 5.82 Å². The normalized spacial score (nSPS) is 11.9. The Morgan fingerprint density at radius 1 is 1.32 bits per heavy atom. The van der Waals surface area contributed by atoms with Gasteiger partial charge in [0.15, 0.2) is 6.61 Å². The van der Waals surface area contributed by atoms with Crippen LogP contribution in [0.5, 0.6) is 0 Å². The van der Waals surface area contributed by atoms with Gasteiger partial charge in [0.1, 0.15) is 23.8 Å². The summed E-state index contributed by atoms with van der Waals surface area (Å²) in [6, 6.07) is 7.95. The number of hydrogen-bond donors (Lipinski definition) is 1. The molecule has 0 spiro atoms. The van der Waals surface area contributed by atoms with Crippen LogP contribution in [0.4, 0.5) is 4.79 Å². The van der Waals surface area contributed by atoms with E-state index in [0.717, 1.165) is 11.1 Å². The van der Waals surface area contributed by atoms with Crippen LogP contribution in [0.15, 0.2) is 18.2 Å². The van der Waals surface area contributed by atoms with Crippen molar-refractivity contribution in [3.8, 4) is 12.1 Å². The van der Waals surface area contributed by atoms with Crippen LogP contribution >= 0.6 is 0 Å².